The van der Waals surface area contributed by atoms with Gasteiger partial charge in [-0.3, -0.25) is 9.69 Å². The maximum Gasteiger partial charge on any atom is 0.304 e. The summed E-state index contributed by atoms with van der Waals surface area (Å²) in [7, 11) is 0. The fourth-order valence-electron chi connectivity index (χ4n) is 3.91. The first-order valence-electron chi connectivity index (χ1n) is 10.5. The SMILES string of the molecule is CC(C)Cc1ccc(-c2nc(-c3ccc4c(c3)CCN(CCC(=O)O)C4)no2)cc1. The average Bonchev–Trinajstić information content (AvgIpc) is 3.22. The van der Waals surface area contributed by atoms with Crippen molar-refractivity contribution < 1.29 is 14.4 Å². The Kier molecular flexibility index (Phi) is 5.95. The van der Waals surface area contributed by atoms with E-state index in [0.29, 0.717) is 24.2 Å². The quantitative estimate of drug-likeness (QED) is 0.626. The molecule has 0 amide bonds. The molecule has 4 rings (SSSR count). The maximum atomic E-state index is 10.8. The molecule has 0 bridgehead atoms. The molecule has 2 aromatic carbocycles. The molecular formula is C24H27N3O3. The van der Waals surface area contributed by atoms with Crippen molar-refractivity contribution in [2.75, 3.05) is 13.1 Å². The summed E-state index contributed by atoms with van der Waals surface area (Å²) in [4.78, 5) is 17.6. The van der Waals surface area contributed by atoms with E-state index in [1.165, 1.54) is 16.7 Å². The number of benzene rings is 2. The molecule has 156 valence electrons. The molecule has 0 aliphatic carbocycles. The number of carboxylic acids is 1. The van der Waals surface area contributed by atoms with E-state index in [9.17, 15) is 4.79 Å². The molecule has 0 saturated heterocycles. The van der Waals surface area contributed by atoms with Gasteiger partial charge in [0.2, 0.25) is 5.82 Å². The van der Waals surface area contributed by atoms with Gasteiger partial charge in [-0.2, -0.15) is 4.98 Å². The summed E-state index contributed by atoms with van der Waals surface area (Å²) in [6.45, 7) is 6.66. The Labute approximate surface area is 176 Å². The third-order valence-electron chi connectivity index (χ3n) is 5.47. The molecule has 0 radical (unpaired) electrons. The van der Waals surface area contributed by atoms with Gasteiger partial charge in [-0.1, -0.05) is 43.3 Å². The minimum Gasteiger partial charge on any atom is -0.481 e. The molecule has 0 spiro atoms. The van der Waals surface area contributed by atoms with E-state index in [2.05, 4.69) is 53.2 Å². The summed E-state index contributed by atoms with van der Waals surface area (Å²) < 4.78 is 5.52. The minimum absolute atomic E-state index is 0.178. The molecule has 6 heteroatoms. The zero-order valence-corrected chi connectivity index (χ0v) is 17.5. The maximum absolute atomic E-state index is 10.8. The van der Waals surface area contributed by atoms with Crippen LogP contribution >= 0.6 is 0 Å². The zero-order valence-electron chi connectivity index (χ0n) is 17.5. The standard InChI is InChI=1S/C24H27N3O3/c1-16(2)13-17-3-5-18(6-4-17)24-25-23(26-30-24)20-7-8-21-15-27(12-10-22(28)29)11-9-19(21)14-20/h3-8,14,16H,9-13,15H2,1-2H3,(H,28,29). The second-order valence-electron chi connectivity index (χ2n) is 8.37. The molecule has 0 fully saturated rings. The number of nitrogens with zero attached hydrogens (tertiary/aromatic N) is 3. The number of fused-ring (bicyclic) bond motifs is 1. The smallest absolute Gasteiger partial charge is 0.304 e. The van der Waals surface area contributed by atoms with Crippen LogP contribution in [0.25, 0.3) is 22.8 Å². The van der Waals surface area contributed by atoms with Gasteiger partial charge in [-0.15, -0.1) is 0 Å². The molecule has 1 N–H and O–H groups in total. The highest BCUT2D eigenvalue weighted by Gasteiger charge is 2.19. The number of aromatic nitrogens is 2. The van der Waals surface area contributed by atoms with Crippen molar-refractivity contribution >= 4 is 5.97 Å². The first-order chi connectivity index (χ1) is 14.5. The van der Waals surface area contributed by atoms with Gasteiger partial charge in [0, 0.05) is 30.8 Å². The van der Waals surface area contributed by atoms with E-state index in [-0.39, 0.29) is 6.42 Å². The fraction of sp³-hybridized carbons (Fsp3) is 0.375. The lowest BCUT2D eigenvalue weighted by atomic mass is 9.97. The number of hydrogen-bond donors (Lipinski definition) is 1. The van der Waals surface area contributed by atoms with Crippen LogP contribution in [0.1, 0.15) is 37.0 Å². The Balaban J connectivity index is 1.47. The Bertz CT molecular complexity index is 1020. The predicted molar refractivity (Wildman–Crippen MR) is 115 cm³/mol. The molecule has 2 heterocycles. The first-order valence-corrected chi connectivity index (χ1v) is 10.5. The normalized spacial score (nSPS) is 14.1. The molecule has 0 atom stereocenters. The van der Waals surface area contributed by atoms with Crippen LogP contribution in [-0.2, 0) is 24.2 Å². The van der Waals surface area contributed by atoms with E-state index in [1.54, 1.807) is 0 Å². The number of carbonyl (C=O) groups is 1. The predicted octanol–water partition coefficient (Wildman–Crippen LogP) is 4.43. The van der Waals surface area contributed by atoms with Gasteiger partial charge in [-0.25, -0.2) is 0 Å². The van der Waals surface area contributed by atoms with Gasteiger partial charge < -0.3 is 9.63 Å². The highest BCUT2D eigenvalue weighted by Crippen LogP contribution is 2.27. The average molecular weight is 405 g/mol. The molecule has 3 aromatic rings. The summed E-state index contributed by atoms with van der Waals surface area (Å²) in [5.74, 6) is 0.990. The van der Waals surface area contributed by atoms with Gasteiger partial charge in [0.15, 0.2) is 0 Å². The molecule has 6 nitrogen and oxygen atoms in total. The molecule has 1 aromatic heterocycles. The van der Waals surface area contributed by atoms with Crippen LogP contribution in [-0.4, -0.2) is 39.2 Å². The summed E-state index contributed by atoms with van der Waals surface area (Å²) in [6.07, 6.45) is 2.13. The van der Waals surface area contributed by atoms with Crippen molar-refractivity contribution in [3.63, 3.8) is 0 Å². The highest BCUT2D eigenvalue weighted by molar-refractivity contribution is 5.67. The molecular weight excluding hydrogens is 378 g/mol. The fourth-order valence-corrected chi connectivity index (χ4v) is 3.91. The lowest BCUT2D eigenvalue weighted by molar-refractivity contribution is -0.137. The lowest BCUT2D eigenvalue weighted by Gasteiger charge is -2.28. The molecule has 1 aliphatic heterocycles. The largest absolute Gasteiger partial charge is 0.481 e. The van der Waals surface area contributed by atoms with E-state index >= 15 is 0 Å². The number of carboxylic acid groups (broad SMARTS) is 1. The lowest BCUT2D eigenvalue weighted by Crippen LogP contribution is -2.32. The minimum atomic E-state index is -0.751. The van der Waals surface area contributed by atoms with E-state index in [1.807, 2.05) is 18.2 Å². The number of rotatable bonds is 7. The monoisotopic (exact) mass is 405 g/mol. The van der Waals surface area contributed by atoms with Crippen molar-refractivity contribution in [3.05, 3.63) is 59.2 Å². The second kappa shape index (κ2) is 8.79. The third kappa shape index (κ3) is 4.76. The van der Waals surface area contributed by atoms with Crippen LogP contribution in [0, 0.1) is 5.92 Å². The van der Waals surface area contributed by atoms with E-state index < -0.39 is 5.97 Å². The van der Waals surface area contributed by atoms with Gasteiger partial charge in [0.25, 0.3) is 5.89 Å². The highest BCUT2D eigenvalue weighted by atomic mass is 16.5. The second-order valence-corrected chi connectivity index (χ2v) is 8.37. The summed E-state index contributed by atoms with van der Waals surface area (Å²) in [5, 5.41) is 13.1. The van der Waals surface area contributed by atoms with Gasteiger partial charge in [-0.05, 0) is 53.6 Å². The Morgan fingerprint density at radius 1 is 1.13 bits per heavy atom. The summed E-state index contributed by atoms with van der Waals surface area (Å²) in [6, 6.07) is 14.5. The van der Waals surface area contributed by atoms with Crippen LogP contribution in [0.2, 0.25) is 0 Å². The van der Waals surface area contributed by atoms with Gasteiger partial charge in [0.05, 0.1) is 6.42 Å². The molecule has 0 saturated carbocycles. The van der Waals surface area contributed by atoms with Crippen LogP contribution in [0.4, 0.5) is 0 Å². The molecule has 0 unspecified atom stereocenters. The van der Waals surface area contributed by atoms with Crippen molar-refractivity contribution in [2.24, 2.45) is 5.92 Å². The van der Waals surface area contributed by atoms with Crippen molar-refractivity contribution in [1.29, 1.82) is 0 Å². The van der Waals surface area contributed by atoms with Gasteiger partial charge >= 0.3 is 5.97 Å². The van der Waals surface area contributed by atoms with Crippen LogP contribution in [0.15, 0.2) is 47.0 Å². The van der Waals surface area contributed by atoms with E-state index in [4.69, 9.17) is 9.63 Å². The Morgan fingerprint density at radius 2 is 1.90 bits per heavy atom. The van der Waals surface area contributed by atoms with Crippen molar-refractivity contribution in [2.45, 2.75) is 39.7 Å². The van der Waals surface area contributed by atoms with Crippen LogP contribution in [0.3, 0.4) is 0 Å². The van der Waals surface area contributed by atoms with Crippen molar-refractivity contribution in [3.8, 4) is 22.8 Å². The third-order valence-corrected chi connectivity index (χ3v) is 5.47. The van der Waals surface area contributed by atoms with E-state index in [0.717, 1.165) is 37.1 Å². The summed E-state index contributed by atoms with van der Waals surface area (Å²) >= 11 is 0. The Hall–Kier alpha value is -2.99. The first kappa shape index (κ1) is 20.3. The van der Waals surface area contributed by atoms with Crippen molar-refractivity contribution in [1.82, 2.24) is 15.0 Å². The van der Waals surface area contributed by atoms with Crippen LogP contribution < -0.4 is 0 Å². The summed E-state index contributed by atoms with van der Waals surface area (Å²) in [5.41, 5.74) is 5.68. The molecule has 30 heavy (non-hydrogen) atoms. The number of hydrogen-bond acceptors (Lipinski definition) is 5. The Morgan fingerprint density at radius 3 is 2.63 bits per heavy atom. The number of aliphatic carboxylic acids is 1. The molecule has 1 aliphatic rings. The van der Waals surface area contributed by atoms with Gasteiger partial charge in [0.1, 0.15) is 0 Å². The zero-order chi connectivity index (χ0) is 21.1. The van der Waals surface area contributed by atoms with Crippen LogP contribution in [0.5, 0.6) is 0 Å². The topological polar surface area (TPSA) is 79.5 Å².